The first-order chi connectivity index (χ1) is 12.7. The molecule has 3 rings (SSSR count). The van der Waals surface area contributed by atoms with Crippen molar-refractivity contribution < 1.29 is 13.2 Å². The molecule has 1 saturated carbocycles. The second-order valence-corrected chi connectivity index (χ2v) is 7.57. The molecular weight excluding hydrogens is 353 g/mol. The van der Waals surface area contributed by atoms with Crippen molar-refractivity contribution in [2.45, 2.75) is 51.9 Å². The Kier molecular flexibility index (Phi) is 4.94. The second-order valence-electron chi connectivity index (χ2n) is 7.57. The summed E-state index contributed by atoms with van der Waals surface area (Å²) < 4.78 is 42.2. The molecule has 7 heteroatoms. The van der Waals surface area contributed by atoms with Crippen LogP contribution in [0.4, 0.5) is 18.9 Å². The van der Waals surface area contributed by atoms with E-state index < -0.39 is 11.7 Å². The highest BCUT2D eigenvalue weighted by Gasteiger charge is 2.46. The minimum atomic E-state index is -4.55. The molecule has 0 N–H and O–H groups in total. The highest BCUT2D eigenvalue weighted by molar-refractivity contribution is 5.56. The van der Waals surface area contributed by atoms with Gasteiger partial charge in [-0.15, -0.1) is 0 Å². The van der Waals surface area contributed by atoms with Gasteiger partial charge < -0.3 is 9.47 Å². The highest BCUT2D eigenvalue weighted by Crippen LogP contribution is 2.49. The van der Waals surface area contributed by atoms with Crippen molar-refractivity contribution in [3.05, 3.63) is 48.0 Å². The fraction of sp³-hybridized carbons (Fsp3) is 0.500. The Morgan fingerprint density at radius 1 is 1.33 bits per heavy atom. The predicted octanol–water partition coefficient (Wildman–Crippen LogP) is 5.03. The van der Waals surface area contributed by atoms with Crippen LogP contribution in [0.2, 0.25) is 0 Å². The molecule has 1 aliphatic rings. The maximum Gasteiger partial charge on any atom is 0.417 e. The molecule has 1 aromatic carbocycles. The predicted molar refractivity (Wildman–Crippen MR) is 97.2 cm³/mol. The topological polar surface area (TPSA) is 44.9 Å². The Hall–Kier alpha value is -2.49. The van der Waals surface area contributed by atoms with Gasteiger partial charge in [-0.25, -0.2) is 4.98 Å². The third-order valence-corrected chi connectivity index (χ3v) is 5.79. The van der Waals surface area contributed by atoms with Gasteiger partial charge >= 0.3 is 6.18 Å². The monoisotopic (exact) mass is 376 g/mol. The lowest BCUT2D eigenvalue weighted by Crippen LogP contribution is -2.44. The lowest BCUT2D eigenvalue weighted by molar-refractivity contribution is -0.137. The van der Waals surface area contributed by atoms with E-state index in [4.69, 9.17) is 5.26 Å². The number of nitrogens with zero attached hydrogens (tertiary/aromatic N) is 4. The number of hydrogen-bond donors (Lipinski definition) is 0. The average Bonchev–Trinajstić information content (AvgIpc) is 3.23. The maximum atomic E-state index is 13.4. The Labute approximate surface area is 157 Å². The van der Waals surface area contributed by atoms with Crippen LogP contribution in [0, 0.1) is 16.7 Å². The van der Waals surface area contributed by atoms with Gasteiger partial charge in [0.25, 0.3) is 0 Å². The van der Waals surface area contributed by atoms with Crippen LogP contribution in [0.5, 0.6) is 0 Å². The minimum Gasteiger partial charge on any atom is -0.368 e. The lowest BCUT2D eigenvalue weighted by Gasteiger charge is -2.41. The van der Waals surface area contributed by atoms with Crippen molar-refractivity contribution in [3.8, 4) is 6.07 Å². The lowest BCUT2D eigenvalue weighted by atomic mass is 9.82. The molecule has 1 aromatic heterocycles. The number of halogens is 3. The molecular formula is C20H23F3N4. The molecule has 2 aromatic rings. The summed E-state index contributed by atoms with van der Waals surface area (Å²) in [5.74, 6) is 0. The number of hydrogen-bond acceptors (Lipinski definition) is 3. The van der Waals surface area contributed by atoms with Gasteiger partial charge in [0.1, 0.15) is 0 Å². The number of benzene rings is 1. The molecule has 0 amide bonds. The molecule has 2 atom stereocenters. The molecule has 27 heavy (non-hydrogen) atoms. The highest BCUT2D eigenvalue weighted by atomic mass is 19.4. The number of aromatic nitrogens is 2. The molecule has 0 saturated heterocycles. The van der Waals surface area contributed by atoms with Crippen molar-refractivity contribution >= 4 is 5.69 Å². The normalized spacial score (nSPS) is 21.8. The zero-order valence-corrected chi connectivity index (χ0v) is 15.7. The summed E-state index contributed by atoms with van der Waals surface area (Å²) in [4.78, 5) is 6.17. The van der Waals surface area contributed by atoms with E-state index in [1.165, 1.54) is 6.07 Å². The first-order valence-corrected chi connectivity index (χ1v) is 9.05. The van der Waals surface area contributed by atoms with Crippen molar-refractivity contribution in [3.63, 3.8) is 0 Å². The fourth-order valence-corrected chi connectivity index (χ4v) is 4.45. The van der Waals surface area contributed by atoms with Gasteiger partial charge in [-0.2, -0.15) is 18.4 Å². The molecule has 1 aliphatic carbocycles. The van der Waals surface area contributed by atoms with Crippen molar-refractivity contribution in [1.29, 1.82) is 5.26 Å². The summed E-state index contributed by atoms with van der Waals surface area (Å²) in [6, 6.07) is 5.98. The zero-order valence-electron chi connectivity index (χ0n) is 15.7. The first kappa shape index (κ1) is 19.3. The van der Waals surface area contributed by atoms with Crippen LogP contribution in [-0.4, -0.2) is 22.1 Å². The number of anilines is 1. The molecule has 4 nitrogen and oxygen atoms in total. The molecule has 0 spiro atoms. The van der Waals surface area contributed by atoms with Crippen LogP contribution >= 0.6 is 0 Å². The van der Waals surface area contributed by atoms with E-state index in [1.54, 1.807) is 24.7 Å². The molecule has 0 aliphatic heterocycles. The Balaban J connectivity index is 1.98. The second kappa shape index (κ2) is 6.91. The van der Waals surface area contributed by atoms with Crippen LogP contribution in [0.25, 0.3) is 0 Å². The third-order valence-electron chi connectivity index (χ3n) is 5.79. The Bertz CT molecular complexity index is 834. The number of imidazole rings is 1. The van der Waals surface area contributed by atoms with E-state index in [0.29, 0.717) is 12.2 Å². The largest absolute Gasteiger partial charge is 0.417 e. The van der Waals surface area contributed by atoms with Gasteiger partial charge in [0.2, 0.25) is 0 Å². The van der Waals surface area contributed by atoms with Crippen LogP contribution in [0.3, 0.4) is 0 Å². The zero-order chi connectivity index (χ0) is 19.8. The molecule has 0 radical (unpaired) electrons. The molecule has 1 heterocycles. The van der Waals surface area contributed by atoms with E-state index in [9.17, 15) is 13.2 Å². The van der Waals surface area contributed by atoms with E-state index in [-0.39, 0.29) is 23.1 Å². The average molecular weight is 376 g/mol. The van der Waals surface area contributed by atoms with Crippen LogP contribution in [0.1, 0.15) is 50.8 Å². The summed E-state index contributed by atoms with van der Waals surface area (Å²) in [6.45, 7) is 6.86. The molecule has 144 valence electrons. The van der Waals surface area contributed by atoms with Crippen LogP contribution in [0.15, 0.2) is 36.9 Å². The van der Waals surface area contributed by atoms with Crippen molar-refractivity contribution in [2.24, 2.45) is 5.41 Å². The third kappa shape index (κ3) is 3.41. The summed E-state index contributed by atoms with van der Waals surface area (Å²) in [5.41, 5.74) is -0.858. The summed E-state index contributed by atoms with van der Waals surface area (Å²) in [5, 5.41) is 9.03. The molecule has 2 unspecified atom stereocenters. The van der Waals surface area contributed by atoms with E-state index in [0.717, 1.165) is 18.9 Å². The van der Waals surface area contributed by atoms with Crippen molar-refractivity contribution in [2.75, 3.05) is 11.4 Å². The van der Waals surface area contributed by atoms with Gasteiger partial charge in [0.05, 0.1) is 23.5 Å². The Morgan fingerprint density at radius 3 is 2.63 bits per heavy atom. The number of alkyl halides is 3. The van der Waals surface area contributed by atoms with Gasteiger partial charge in [-0.3, -0.25) is 0 Å². The Morgan fingerprint density at radius 2 is 2.07 bits per heavy atom. The summed E-state index contributed by atoms with van der Waals surface area (Å²) in [7, 11) is 0. The molecule has 1 fully saturated rings. The molecule has 0 bridgehead atoms. The quantitative estimate of drug-likeness (QED) is 0.752. The SMILES string of the molecule is CCN(c1ccc(C#N)c(C(F)(F)F)c1)C1CCC(n2ccnc2)C1(C)C. The van der Waals surface area contributed by atoms with Gasteiger partial charge in [0.15, 0.2) is 0 Å². The van der Waals surface area contributed by atoms with Crippen LogP contribution < -0.4 is 4.90 Å². The minimum absolute atomic E-state index is 0.0870. The number of rotatable bonds is 4. The van der Waals surface area contributed by atoms with Crippen LogP contribution in [-0.2, 0) is 6.18 Å². The maximum absolute atomic E-state index is 13.4. The van der Waals surface area contributed by atoms with Gasteiger partial charge in [-0.1, -0.05) is 13.8 Å². The van der Waals surface area contributed by atoms with Gasteiger partial charge in [0, 0.05) is 42.1 Å². The number of nitriles is 1. The first-order valence-electron chi connectivity index (χ1n) is 9.05. The van der Waals surface area contributed by atoms with E-state index >= 15 is 0 Å². The summed E-state index contributed by atoms with van der Waals surface area (Å²) in [6.07, 6.45) is 2.75. The smallest absolute Gasteiger partial charge is 0.368 e. The standard InChI is InChI=1S/C20H23F3N4/c1-4-27(15-6-5-14(12-24)16(11-15)20(21,22)23)18-8-7-17(19(18,2)3)26-10-9-25-13-26/h5-6,9-11,13,17-18H,4,7-8H2,1-3H3. The van der Waals surface area contributed by atoms with E-state index in [2.05, 4.69) is 23.4 Å². The van der Waals surface area contributed by atoms with Gasteiger partial charge in [-0.05, 0) is 38.0 Å². The van der Waals surface area contributed by atoms with Crippen molar-refractivity contribution in [1.82, 2.24) is 9.55 Å². The fourth-order valence-electron chi connectivity index (χ4n) is 4.45. The summed E-state index contributed by atoms with van der Waals surface area (Å²) >= 11 is 0. The van der Waals surface area contributed by atoms with E-state index in [1.807, 2.05) is 18.0 Å².